The zero-order valence-corrected chi connectivity index (χ0v) is 37.1. The number of aromatic hydroxyl groups is 1. The number of carbonyl (C=O) groups is 2. The molecule has 0 saturated carbocycles. The van der Waals surface area contributed by atoms with Crippen LogP contribution in [-0.2, 0) is 45.6 Å². The van der Waals surface area contributed by atoms with E-state index in [0.717, 1.165) is 11.6 Å². The lowest BCUT2D eigenvalue weighted by Crippen LogP contribution is -2.29. The molecule has 0 unspecified atom stereocenters. The molecule has 0 bridgehead atoms. The Kier molecular flexibility index (Phi) is 15.7. The first-order chi connectivity index (χ1) is 26.2. The van der Waals surface area contributed by atoms with Gasteiger partial charge < -0.3 is 38.5 Å². The van der Waals surface area contributed by atoms with Crippen molar-refractivity contribution in [2.45, 2.75) is 111 Å². The lowest BCUT2D eigenvalue weighted by atomic mass is 9.95. The molecule has 12 nitrogen and oxygen atoms in total. The van der Waals surface area contributed by atoms with E-state index in [4.69, 9.17) is 18.9 Å². The Labute approximate surface area is 334 Å². The van der Waals surface area contributed by atoms with Crippen molar-refractivity contribution in [1.82, 2.24) is 0 Å². The first-order valence-electron chi connectivity index (χ1n) is 18.4. The van der Waals surface area contributed by atoms with Gasteiger partial charge in [0.15, 0.2) is 5.75 Å². The summed E-state index contributed by atoms with van der Waals surface area (Å²) in [5.41, 5.74) is -1.68. The van der Waals surface area contributed by atoms with E-state index in [1.807, 2.05) is 13.0 Å². The first-order valence-corrected chi connectivity index (χ1v) is 27.3. The monoisotopic (exact) mass is 860 g/mol. The SMILES string of the molecule is C/C(=C\Cc1c(O)c(C)c2c(c1OCC[Si](C)(C)C)C(=O)OC2)CO.C/C(=C\Cc1c(OS(=O)(=O)C(F)(F)F)c(C)c2c(c1OCC[Si](C)(C)C)C(=O)OC2)CO. The molecule has 2 heterocycles. The Hall–Kier alpha value is -3.85. The Morgan fingerprint density at radius 1 is 0.737 bits per heavy atom. The van der Waals surface area contributed by atoms with Crippen LogP contribution in [0.4, 0.5) is 13.2 Å². The number of rotatable bonds is 16. The van der Waals surface area contributed by atoms with Crippen LogP contribution >= 0.6 is 0 Å². The normalized spacial score (nSPS) is 14.7. The number of carbonyl (C=O) groups excluding carboxylic acids is 2. The molecular weight excluding hydrogens is 806 g/mol. The van der Waals surface area contributed by atoms with Crippen molar-refractivity contribution in [2.75, 3.05) is 26.4 Å². The van der Waals surface area contributed by atoms with E-state index >= 15 is 0 Å². The number of halogens is 3. The van der Waals surface area contributed by atoms with E-state index < -0.39 is 49.5 Å². The average Bonchev–Trinajstić information content (AvgIpc) is 3.68. The summed E-state index contributed by atoms with van der Waals surface area (Å²) in [6.07, 6.45) is 3.60. The maximum atomic E-state index is 13.1. The number of cyclic esters (lactones) is 2. The Morgan fingerprint density at radius 2 is 1.14 bits per heavy atom. The average molecular weight is 861 g/mol. The van der Waals surface area contributed by atoms with E-state index in [0.29, 0.717) is 52.6 Å². The summed E-state index contributed by atoms with van der Waals surface area (Å²) in [5, 5.41) is 29.1. The largest absolute Gasteiger partial charge is 0.534 e. The molecule has 318 valence electrons. The fraction of sp³-hybridized carbons (Fsp3) is 0.538. The standard InChI is InChI=1S/C20H27F3O7SSi.C19H28O5Si/c1-12(10-24)6-7-14-17(30-31(26,27)20(21,22)23)13(2)15-11-29-19(25)16(15)18(14)28-8-9-32(3,4)5;1-12(10-20)6-7-14-17(21)13(2)15-11-24-19(22)16(15)18(14)23-8-9-25(3,4)5/h6,24H,7-11H2,1-5H3;6,20-21H,7-11H2,1-5H3/b2*12-6+. The van der Waals surface area contributed by atoms with Crippen LogP contribution in [0.3, 0.4) is 0 Å². The molecule has 0 radical (unpaired) electrons. The molecule has 0 aliphatic carbocycles. The van der Waals surface area contributed by atoms with Gasteiger partial charge in [0, 0.05) is 44.0 Å². The van der Waals surface area contributed by atoms with Crippen molar-refractivity contribution in [2.24, 2.45) is 0 Å². The number of ether oxygens (including phenoxy) is 4. The minimum absolute atomic E-state index is 0.0312. The van der Waals surface area contributed by atoms with Gasteiger partial charge in [-0.05, 0) is 58.2 Å². The highest BCUT2D eigenvalue weighted by Crippen LogP contribution is 2.45. The molecule has 2 aliphatic rings. The van der Waals surface area contributed by atoms with E-state index in [1.165, 1.54) is 13.0 Å². The molecule has 0 fully saturated rings. The minimum atomic E-state index is -5.98. The third kappa shape index (κ3) is 12.1. The van der Waals surface area contributed by atoms with Gasteiger partial charge in [-0.3, -0.25) is 0 Å². The number of aliphatic hydroxyl groups excluding tert-OH is 2. The van der Waals surface area contributed by atoms with Gasteiger partial charge in [0.2, 0.25) is 0 Å². The summed E-state index contributed by atoms with van der Waals surface area (Å²) in [4.78, 5) is 24.6. The number of phenolic OH excluding ortho intramolecular Hbond substituents is 1. The molecule has 0 spiro atoms. The van der Waals surface area contributed by atoms with Crippen LogP contribution in [0.1, 0.15) is 67.9 Å². The smallest absolute Gasteiger partial charge is 0.507 e. The topological polar surface area (TPSA) is 175 Å². The van der Waals surface area contributed by atoms with Crippen molar-refractivity contribution in [3.63, 3.8) is 0 Å². The molecule has 18 heteroatoms. The van der Waals surface area contributed by atoms with Gasteiger partial charge in [0.05, 0.1) is 26.4 Å². The van der Waals surface area contributed by atoms with Crippen molar-refractivity contribution >= 4 is 38.2 Å². The summed E-state index contributed by atoms with van der Waals surface area (Å²) in [6.45, 7) is 19.9. The predicted molar refractivity (Wildman–Crippen MR) is 214 cm³/mol. The Bertz CT molecular complexity index is 2010. The summed E-state index contributed by atoms with van der Waals surface area (Å²) in [5.74, 6) is -1.14. The van der Waals surface area contributed by atoms with Gasteiger partial charge in [-0.2, -0.15) is 21.6 Å². The van der Waals surface area contributed by atoms with E-state index in [2.05, 4.69) is 43.5 Å². The zero-order chi connectivity index (χ0) is 43.3. The molecular formula is C39H55F3O12SSi2. The lowest BCUT2D eigenvalue weighted by molar-refractivity contribution is -0.0500. The summed E-state index contributed by atoms with van der Waals surface area (Å²) in [6, 6.07) is 1.64. The van der Waals surface area contributed by atoms with Gasteiger partial charge in [-0.25, -0.2) is 9.59 Å². The Morgan fingerprint density at radius 3 is 1.54 bits per heavy atom. The van der Waals surface area contributed by atoms with Gasteiger partial charge in [0.25, 0.3) is 0 Å². The maximum absolute atomic E-state index is 13.1. The van der Waals surface area contributed by atoms with Crippen LogP contribution < -0.4 is 13.7 Å². The number of hydrogen-bond donors (Lipinski definition) is 3. The van der Waals surface area contributed by atoms with Crippen LogP contribution in [0.15, 0.2) is 23.3 Å². The molecule has 0 atom stereocenters. The molecule has 3 N–H and O–H groups in total. The second-order valence-electron chi connectivity index (χ2n) is 16.5. The van der Waals surface area contributed by atoms with Gasteiger partial charge in [-0.15, -0.1) is 0 Å². The fourth-order valence-corrected chi connectivity index (χ4v) is 7.64. The lowest BCUT2D eigenvalue weighted by Gasteiger charge is -2.22. The summed E-state index contributed by atoms with van der Waals surface area (Å²) >= 11 is 0. The van der Waals surface area contributed by atoms with E-state index in [-0.39, 0.29) is 73.2 Å². The maximum Gasteiger partial charge on any atom is 0.534 e. The second-order valence-corrected chi connectivity index (χ2v) is 29.3. The van der Waals surface area contributed by atoms with Gasteiger partial charge in [0.1, 0.15) is 41.6 Å². The summed E-state index contributed by atoms with van der Waals surface area (Å²) in [7, 11) is -8.83. The molecule has 0 amide bonds. The van der Waals surface area contributed by atoms with Crippen molar-refractivity contribution in [3.8, 4) is 23.0 Å². The van der Waals surface area contributed by atoms with Crippen molar-refractivity contribution in [1.29, 1.82) is 0 Å². The van der Waals surface area contributed by atoms with Crippen LogP contribution in [0, 0.1) is 13.8 Å². The van der Waals surface area contributed by atoms with Crippen LogP contribution in [-0.4, -0.2) is 83.8 Å². The number of alkyl halides is 3. The van der Waals surface area contributed by atoms with E-state index in [1.54, 1.807) is 13.8 Å². The minimum Gasteiger partial charge on any atom is -0.507 e. The zero-order valence-electron chi connectivity index (χ0n) is 34.3. The van der Waals surface area contributed by atoms with Gasteiger partial charge in [-0.1, -0.05) is 62.6 Å². The fourth-order valence-electron chi connectivity index (χ4n) is 5.67. The third-order valence-corrected chi connectivity index (χ3v) is 13.7. The number of aliphatic hydroxyl groups is 2. The number of hydrogen-bond acceptors (Lipinski definition) is 12. The van der Waals surface area contributed by atoms with Crippen molar-refractivity contribution in [3.05, 3.63) is 67.8 Å². The quantitative estimate of drug-likeness (QED) is 0.0495. The van der Waals surface area contributed by atoms with Crippen LogP contribution in [0.5, 0.6) is 23.0 Å². The van der Waals surface area contributed by atoms with Gasteiger partial charge >= 0.3 is 27.6 Å². The van der Waals surface area contributed by atoms with Crippen molar-refractivity contribution < 1.29 is 69.6 Å². The first kappa shape index (κ1) is 47.5. The number of esters is 2. The number of benzene rings is 2. The van der Waals surface area contributed by atoms with Crippen LogP contribution in [0.25, 0.3) is 0 Å². The predicted octanol–water partition coefficient (Wildman–Crippen LogP) is 7.66. The highest BCUT2D eigenvalue weighted by atomic mass is 32.2. The highest BCUT2D eigenvalue weighted by molar-refractivity contribution is 7.88. The van der Waals surface area contributed by atoms with Crippen LogP contribution in [0.2, 0.25) is 51.4 Å². The molecule has 2 aromatic rings. The third-order valence-electron chi connectivity index (χ3n) is 9.35. The Balaban J connectivity index is 0.000000315. The molecule has 57 heavy (non-hydrogen) atoms. The summed E-state index contributed by atoms with van der Waals surface area (Å²) < 4.78 is 89.5. The molecule has 2 aromatic carbocycles. The second kappa shape index (κ2) is 18.8. The highest BCUT2D eigenvalue weighted by Gasteiger charge is 2.49. The molecule has 4 rings (SSSR count). The molecule has 2 aliphatic heterocycles. The number of phenols is 1. The molecule has 0 aromatic heterocycles. The number of allylic oxidation sites excluding steroid dienone is 2. The van der Waals surface area contributed by atoms with E-state index in [9.17, 15) is 46.5 Å². The molecule has 0 saturated heterocycles. The number of fused-ring (bicyclic) bond motifs is 2.